The Morgan fingerprint density at radius 1 is 1.21 bits per heavy atom. The molecule has 0 aromatic carbocycles. The number of aromatic nitrogens is 6. The van der Waals surface area contributed by atoms with Crippen LogP contribution in [0.1, 0.15) is 30.8 Å². The summed E-state index contributed by atoms with van der Waals surface area (Å²) in [6.07, 6.45) is 7.72. The number of hydrogen-bond donors (Lipinski definition) is 2. The number of nitrogens with zero attached hydrogens (tertiary/aromatic N) is 6. The second kappa shape index (κ2) is 6.56. The predicted molar refractivity (Wildman–Crippen MR) is 128 cm³/mol. The maximum Gasteiger partial charge on any atom is 0.165 e. The van der Waals surface area contributed by atoms with Crippen LogP contribution in [0.3, 0.4) is 0 Å². The van der Waals surface area contributed by atoms with Crippen LogP contribution in [0.2, 0.25) is 0 Å². The number of rotatable bonds is 7. The first-order valence-electron chi connectivity index (χ1n) is 11.9. The van der Waals surface area contributed by atoms with Crippen molar-refractivity contribution >= 4 is 17.2 Å². The number of aryl methyl sites for hydroxylation is 3. The highest BCUT2D eigenvalue weighted by Gasteiger charge is 2.89. The highest BCUT2D eigenvalue weighted by molar-refractivity contribution is 5.72. The van der Waals surface area contributed by atoms with Gasteiger partial charge in [0.2, 0.25) is 0 Å². The number of anilines is 2. The van der Waals surface area contributed by atoms with Gasteiger partial charge in [-0.2, -0.15) is 10.2 Å². The van der Waals surface area contributed by atoms with E-state index in [4.69, 9.17) is 10.5 Å². The summed E-state index contributed by atoms with van der Waals surface area (Å²) in [5.41, 5.74) is 11.4. The van der Waals surface area contributed by atoms with Gasteiger partial charge >= 0.3 is 0 Å². The number of fused-ring (bicyclic) bond motifs is 1. The Hall–Kier alpha value is -3.46. The fourth-order valence-electron chi connectivity index (χ4n) is 6.54. The molecule has 34 heavy (non-hydrogen) atoms. The first-order chi connectivity index (χ1) is 16.4. The number of nitrogens with one attached hydrogen (secondary N) is 1. The van der Waals surface area contributed by atoms with E-state index in [0.29, 0.717) is 17.4 Å². The zero-order valence-electron chi connectivity index (χ0n) is 19.6. The van der Waals surface area contributed by atoms with Crippen molar-refractivity contribution in [1.29, 1.82) is 0 Å². The van der Waals surface area contributed by atoms with Gasteiger partial charge in [0.15, 0.2) is 11.6 Å². The lowest BCUT2D eigenvalue weighted by Crippen LogP contribution is -2.42. The van der Waals surface area contributed by atoms with E-state index in [-0.39, 0.29) is 6.04 Å². The van der Waals surface area contributed by atoms with Crippen molar-refractivity contribution < 1.29 is 4.74 Å². The molecule has 0 aliphatic heterocycles. The third-order valence-electron chi connectivity index (χ3n) is 8.33. The second-order valence-corrected chi connectivity index (χ2v) is 10.4. The maximum absolute atomic E-state index is 6.59. The number of nitrogens with two attached hydrogens (primary N) is 1. The van der Waals surface area contributed by atoms with Gasteiger partial charge in [0.05, 0.1) is 11.7 Å². The summed E-state index contributed by atoms with van der Waals surface area (Å²) in [5.74, 6) is 3.90. The average Bonchev–Trinajstić information content (AvgIpc) is 3.32. The molecule has 0 radical (unpaired) electrons. The molecule has 3 fully saturated rings. The summed E-state index contributed by atoms with van der Waals surface area (Å²) in [7, 11) is 1.94. The first kappa shape index (κ1) is 20.0. The van der Waals surface area contributed by atoms with Crippen LogP contribution >= 0.6 is 0 Å². The van der Waals surface area contributed by atoms with Crippen molar-refractivity contribution in [2.24, 2.45) is 29.5 Å². The van der Waals surface area contributed by atoms with E-state index in [2.05, 4.69) is 31.5 Å². The molecule has 3 aliphatic rings. The SMILES string of the molecule is Cc1cc(Nc2cc3cc(-c4c(OCC(N)C56CC7CC75C6)cnn4C)ccn3n2)nc(C)n1. The molecular weight excluding hydrogens is 428 g/mol. The summed E-state index contributed by atoms with van der Waals surface area (Å²) in [5, 5.41) is 12.4. The predicted octanol–water partition coefficient (Wildman–Crippen LogP) is 3.39. The first-order valence-corrected chi connectivity index (χ1v) is 11.9. The quantitative estimate of drug-likeness (QED) is 0.439. The molecule has 1 spiro atoms. The minimum absolute atomic E-state index is 0.0966. The molecule has 174 valence electrons. The zero-order valence-corrected chi connectivity index (χ0v) is 19.6. The van der Waals surface area contributed by atoms with Crippen molar-refractivity contribution in [3.8, 4) is 17.0 Å². The molecule has 0 bridgehead atoms. The van der Waals surface area contributed by atoms with Gasteiger partial charge in [0.25, 0.3) is 0 Å². The number of ether oxygens (including phenoxy) is 1. The third-order valence-corrected chi connectivity index (χ3v) is 8.33. The standard InChI is InChI=1S/C25H28N8O/c1-14-6-21(29-15(2)28-14)30-22-8-18-7-16(4-5-33(18)31-22)23-19(11-27-32(23)3)34-12-20(26)25-10-17-9-24(17,25)13-25/h4-8,11,17,20H,9-10,12-13,26H2,1-3H3,(H,28,29,30,31). The highest BCUT2D eigenvalue weighted by atomic mass is 16.5. The van der Waals surface area contributed by atoms with E-state index in [0.717, 1.165) is 51.6 Å². The molecule has 3 aliphatic carbocycles. The number of hydrogen-bond acceptors (Lipinski definition) is 7. The van der Waals surface area contributed by atoms with Gasteiger partial charge in [-0.3, -0.25) is 4.68 Å². The summed E-state index contributed by atoms with van der Waals surface area (Å²) < 4.78 is 9.94. The summed E-state index contributed by atoms with van der Waals surface area (Å²) in [6, 6.07) is 8.12. The molecule has 7 rings (SSSR count). The van der Waals surface area contributed by atoms with Crippen LogP contribution in [0.5, 0.6) is 5.75 Å². The topological polar surface area (TPSA) is 108 Å². The average molecular weight is 457 g/mol. The van der Waals surface area contributed by atoms with Gasteiger partial charge in [0.1, 0.15) is 23.9 Å². The Bertz CT molecular complexity index is 1430. The summed E-state index contributed by atoms with van der Waals surface area (Å²) in [6.45, 7) is 4.37. The molecule has 3 saturated carbocycles. The second-order valence-electron chi connectivity index (χ2n) is 10.4. The van der Waals surface area contributed by atoms with Crippen molar-refractivity contribution in [3.63, 3.8) is 0 Å². The molecule has 4 heterocycles. The van der Waals surface area contributed by atoms with E-state index >= 15 is 0 Å². The monoisotopic (exact) mass is 456 g/mol. The summed E-state index contributed by atoms with van der Waals surface area (Å²) >= 11 is 0. The van der Waals surface area contributed by atoms with Crippen LogP contribution in [-0.2, 0) is 7.05 Å². The van der Waals surface area contributed by atoms with Crippen LogP contribution in [0, 0.1) is 30.6 Å². The largest absolute Gasteiger partial charge is 0.488 e. The Balaban J connectivity index is 1.12. The Labute approximate surface area is 197 Å². The fraction of sp³-hybridized carbons (Fsp3) is 0.440. The van der Waals surface area contributed by atoms with Crippen molar-refractivity contribution in [2.45, 2.75) is 39.2 Å². The molecule has 9 heteroatoms. The molecule has 3 N–H and O–H groups in total. The molecule has 4 atom stereocenters. The molecule has 0 saturated heterocycles. The van der Waals surface area contributed by atoms with Crippen LogP contribution in [-0.4, -0.2) is 42.0 Å². The number of pyridine rings is 1. The Morgan fingerprint density at radius 2 is 2.09 bits per heavy atom. The van der Waals surface area contributed by atoms with Crippen molar-refractivity contribution in [3.05, 3.63) is 48.2 Å². The normalized spacial score (nSPS) is 27.0. The summed E-state index contributed by atoms with van der Waals surface area (Å²) in [4.78, 5) is 8.77. The Morgan fingerprint density at radius 3 is 2.82 bits per heavy atom. The van der Waals surface area contributed by atoms with Gasteiger partial charge < -0.3 is 15.8 Å². The van der Waals surface area contributed by atoms with Crippen LogP contribution in [0.25, 0.3) is 16.8 Å². The van der Waals surface area contributed by atoms with Crippen LogP contribution in [0.4, 0.5) is 11.6 Å². The van der Waals surface area contributed by atoms with E-state index in [1.165, 1.54) is 19.3 Å². The van der Waals surface area contributed by atoms with E-state index in [1.54, 1.807) is 6.20 Å². The zero-order chi connectivity index (χ0) is 23.2. The molecule has 0 amide bonds. The maximum atomic E-state index is 6.59. The molecule has 4 aromatic heterocycles. The molecule has 9 nitrogen and oxygen atoms in total. The lowest BCUT2D eigenvalue weighted by Gasteiger charge is -2.30. The molecular formula is C25H28N8O. The lowest BCUT2D eigenvalue weighted by molar-refractivity contribution is 0.168. The highest BCUT2D eigenvalue weighted by Crippen LogP contribution is 2.95. The smallest absolute Gasteiger partial charge is 0.165 e. The third kappa shape index (κ3) is 2.76. The van der Waals surface area contributed by atoms with Crippen LogP contribution in [0.15, 0.2) is 36.7 Å². The van der Waals surface area contributed by atoms with E-state index in [9.17, 15) is 0 Å². The van der Waals surface area contributed by atoms with Gasteiger partial charge in [-0.25, -0.2) is 14.5 Å². The van der Waals surface area contributed by atoms with Crippen molar-refractivity contribution in [1.82, 2.24) is 29.4 Å². The lowest BCUT2D eigenvalue weighted by atomic mass is 9.79. The van der Waals surface area contributed by atoms with Crippen molar-refractivity contribution in [2.75, 3.05) is 11.9 Å². The van der Waals surface area contributed by atoms with E-state index < -0.39 is 0 Å². The van der Waals surface area contributed by atoms with Gasteiger partial charge in [0, 0.05) is 42.7 Å². The van der Waals surface area contributed by atoms with Crippen LogP contribution < -0.4 is 15.8 Å². The van der Waals surface area contributed by atoms with Gasteiger partial charge in [-0.15, -0.1) is 0 Å². The Kier molecular flexibility index (Phi) is 3.85. The minimum atomic E-state index is 0.0966. The van der Waals surface area contributed by atoms with Gasteiger partial charge in [-0.1, -0.05) is 0 Å². The van der Waals surface area contributed by atoms with E-state index in [1.807, 2.05) is 54.5 Å². The molecule has 4 aromatic rings. The molecule has 4 unspecified atom stereocenters. The fourth-order valence-corrected chi connectivity index (χ4v) is 6.54. The van der Waals surface area contributed by atoms with Gasteiger partial charge in [-0.05, 0) is 62.0 Å². The minimum Gasteiger partial charge on any atom is -0.488 e.